The molecule has 0 amide bonds. The Labute approximate surface area is 94.5 Å². The summed E-state index contributed by atoms with van der Waals surface area (Å²) in [7, 11) is 0. The van der Waals surface area contributed by atoms with Crippen molar-refractivity contribution in [2.75, 3.05) is 13.1 Å². The first-order chi connectivity index (χ1) is 5.91. The minimum absolute atomic E-state index is 0. The first kappa shape index (κ1) is 15.1. The third kappa shape index (κ3) is 14.4. The van der Waals surface area contributed by atoms with Crippen LogP contribution in [0.15, 0.2) is 9.98 Å². The van der Waals surface area contributed by atoms with Gasteiger partial charge in [0.15, 0.2) is 0 Å². The summed E-state index contributed by atoms with van der Waals surface area (Å²) < 4.78 is 0. The Hall–Kier alpha value is -0.441. The maximum atomic E-state index is 9.63. The van der Waals surface area contributed by atoms with Gasteiger partial charge in [-0.1, -0.05) is 12.8 Å². The molecule has 0 N–H and O–H groups in total. The van der Waals surface area contributed by atoms with Crippen LogP contribution in [0.4, 0.5) is 0 Å². The van der Waals surface area contributed by atoms with Gasteiger partial charge in [-0.25, -0.2) is 19.6 Å². The van der Waals surface area contributed by atoms with Crippen LogP contribution in [0.3, 0.4) is 0 Å². The van der Waals surface area contributed by atoms with Gasteiger partial charge in [-0.3, -0.25) is 0 Å². The Bertz CT molecular complexity index is 174. The van der Waals surface area contributed by atoms with Crippen molar-refractivity contribution in [2.45, 2.75) is 25.7 Å². The molecule has 0 aromatic rings. The van der Waals surface area contributed by atoms with E-state index in [0.717, 1.165) is 25.7 Å². The van der Waals surface area contributed by atoms with Crippen LogP contribution in [0.5, 0.6) is 0 Å². The van der Waals surface area contributed by atoms with Crippen molar-refractivity contribution < 1.29 is 9.59 Å². The van der Waals surface area contributed by atoms with Gasteiger partial charge < -0.3 is 0 Å². The topological polar surface area (TPSA) is 58.9 Å². The van der Waals surface area contributed by atoms with Crippen LogP contribution in [0.1, 0.15) is 25.7 Å². The fraction of sp³-hybridized carbons (Fsp3) is 0.750. The molecule has 0 aliphatic rings. The van der Waals surface area contributed by atoms with Gasteiger partial charge in [-0.2, -0.15) is 0 Å². The van der Waals surface area contributed by atoms with Gasteiger partial charge in [0.1, 0.15) is 0 Å². The average molecular weight is 287 g/mol. The van der Waals surface area contributed by atoms with E-state index in [9.17, 15) is 9.59 Å². The third-order valence-corrected chi connectivity index (χ3v) is 1.42. The summed E-state index contributed by atoms with van der Waals surface area (Å²) >= 11 is 0. The molecule has 0 bridgehead atoms. The number of rotatable bonds is 7. The van der Waals surface area contributed by atoms with Crippen LogP contribution in [0.2, 0.25) is 0 Å². The van der Waals surface area contributed by atoms with Crippen LogP contribution < -0.4 is 0 Å². The molecule has 4 nitrogen and oxygen atoms in total. The number of unbranched alkanes of at least 4 members (excludes halogenated alkanes) is 3. The largest absolute Gasteiger partial charge is 0.234 e. The molecule has 4 radical (unpaired) electrons. The summed E-state index contributed by atoms with van der Waals surface area (Å²) in [6.07, 6.45) is 6.80. The number of carbonyl (C=O) groups excluding carboxylic acids is 2. The van der Waals surface area contributed by atoms with E-state index in [1.54, 1.807) is 0 Å². The minimum atomic E-state index is 0. The molecule has 0 atom stereocenters. The van der Waals surface area contributed by atoms with Crippen molar-refractivity contribution in [2.24, 2.45) is 9.98 Å². The van der Waals surface area contributed by atoms with Crippen LogP contribution in [-0.2, 0) is 9.59 Å². The second-order valence-electron chi connectivity index (χ2n) is 2.36. The van der Waals surface area contributed by atoms with Crippen LogP contribution in [0, 0.1) is 0 Å². The molecule has 0 aromatic heterocycles. The maximum Gasteiger partial charge on any atom is 0.234 e. The van der Waals surface area contributed by atoms with E-state index in [0.29, 0.717) is 13.1 Å². The van der Waals surface area contributed by atoms with Crippen LogP contribution in [0.25, 0.3) is 0 Å². The molecule has 0 aliphatic carbocycles. The van der Waals surface area contributed by atoms with E-state index < -0.39 is 0 Å². The first-order valence-corrected chi connectivity index (χ1v) is 3.99. The quantitative estimate of drug-likeness (QED) is 0.301. The van der Waals surface area contributed by atoms with E-state index in [2.05, 4.69) is 9.98 Å². The van der Waals surface area contributed by atoms with Gasteiger partial charge in [0, 0.05) is 23.9 Å². The SMILES string of the molecule is O=C=NCCCCCCN=C=O.[Sn]. The van der Waals surface area contributed by atoms with Gasteiger partial charge in [0.2, 0.25) is 12.2 Å². The zero-order chi connectivity index (χ0) is 9.07. The molecule has 0 unspecified atom stereocenters. The second kappa shape index (κ2) is 14.1. The number of hydrogen-bond acceptors (Lipinski definition) is 4. The third-order valence-electron chi connectivity index (χ3n) is 1.42. The monoisotopic (exact) mass is 288 g/mol. The molecular weight excluding hydrogens is 275 g/mol. The molecule has 0 heterocycles. The molecule has 5 heteroatoms. The second-order valence-corrected chi connectivity index (χ2v) is 2.36. The van der Waals surface area contributed by atoms with Crippen molar-refractivity contribution in [1.29, 1.82) is 0 Å². The van der Waals surface area contributed by atoms with Crippen LogP contribution >= 0.6 is 0 Å². The van der Waals surface area contributed by atoms with Gasteiger partial charge in [-0.15, -0.1) is 0 Å². The van der Waals surface area contributed by atoms with Crippen LogP contribution in [-0.4, -0.2) is 49.2 Å². The van der Waals surface area contributed by atoms with Gasteiger partial charge in [0.25, 0.3) is 0 Å². The van der Waals surface area contributed by atoms with E-state index in [4.69, 9.17) is 0 Å². The summed E-state index contributed by atoms with van der Waals surface area (Å²) in [5, 5.41) is 0. The van der Waals surface area contributed by atoms with Crippen molar-refractivity contribution in [3.63, 3.8) is 0 Å². The predicted octanol–water partition coefficient (Wildman–Crippen LogP) is 0.838. The molecule has 0 saturated heterocycles. The molecule has 0 spiro atoms. The Morgan fingerprint density at radius 1 is 0.769 bits per heavy atom. The van der Waals surface area contributed by atoms with Gasteiger partial charge in [0.05, 0.1) is 13.1 Å². The molecule has 0 saturated carbocycles. The zero-order valence-corrected chi connectivity index (χ0v) is 10.3. The molecule has 0 aliphatic heterocycles. The van der Waals surface area contributed by atoms with E-state index >= 15 is 0 Å². The first-order valence-electron chi connectivity index (χ1n) is 3.99. The molecule has 13 heavy (non-hydrogen) atoms. The van der Waals surface area contributed by atoms with Crippen molar-refractivity contribution in [3.05, 3.63) is 0 Å². The standard InChI is InChI=1S/C8H12N2O2.Sn/c11-7-9-5-3-1-2-4-6-10-8-12;/h1-6H2;. The normalized spacial score (nSPS) is 7.69. The smallest absolute Gasteiger partial charge is 0.211 e. The van der Waals surface area contributed by atoms with E-state index in [-0.39, 0.29) is 23.9 Å². The summed E-state index contributed by atoms with van der Waals surface area (Å²) in [4.78, 5) is 26.1. The Balaban J connectivity index is 0. The molecule has 0 fully saturated rings. The summed E-state index contributed by atoms with van der Waals surface area (Å²) in [5.41, 5.74) is 0. The number of aliphatic imine (C=N–C) groups is 2. The van der Waals surface area contributed by atoms with Crippen molar-refractivity contribution >= 4 is 36.1 Å². The number of isocyanates is 2. The molecule has 0 rings (SSSR count). The Morgan fingerprint density at radius 3 is 1.46 bits per heavy atom. The van der Waals surface area contributed by atoms with Crippen molar-refractivity contribution in [1.82, 2.24) is 0 Å². The van der Waals surface area contributed by atoms with Gasteiger partial charge in [-0.05, 0) is 12.8 Å². The fourth-order valence-electron chi connectivity index (χ4n) is 0.827. The molecular formula is C8H12N2O2Sn. The van der Waals surface area contributed by atoms with E-state index in [1.165, 1.54) is 12.2 Å². The number of hydrogen-bond donors (Lipinski definition) is 0. The maximum absolute atomic E-state index is 9.63. The molecule has 0 aromatic carbocycles. The van der Waals surface area contributed by atoms with E-state index in [1.807, 2.05) is 0 Å². The average Bonchev–Trinajstić information content (AvgIpc) is 2.10. The fourth-order valence-corrected chi connectivity index (χ4v) is 0.827. The summed E-state index contributed by atoms with van der Waals surface area (Å²) in [6, 6.07) is 0. The summed E-state index contributed by atoms with van der Waals surface area (Å²) in [6.45, 7) is 1.11. The minimum Gasteiger partial charge on any atom is -0.211 e. The Morgan fingerprint density at radius 2 is 1.15 bits per heavy atom. The number of nitrogens with zero attached hydrogens (tertiary/aromatic N) is 2. The molecule has 70 valence electrons. The van der Waals surface area contributed by atoms with Gasteiger partial charge >= 0.3 is 0 Å². The Kier molecular flexibility index (Phi) is 16.3. The zero-order valence-electron chi connectivity index (χ0n) is 7.45. The van der Waals surface area contributed by atoms with Crippen molar-refractivity contribution in [3.8, 4) is 0 Å². The predicted molar refractivity (Wildman–Crippen MR) is 50.2 cm³/mol. The summed E-state index contributed by atoms with van der Waals surface area (Å²) in [5.74, 6) is 0.